The third-order valence-corrected chi connectivity index (χ3v) is 5.00. The maximum absolute atomic E-state index is 8.60. The molecule has 5 heteroatoms. The van der Waals surface area contributed by atoms with Gasteiger partial charge in [0.15, 0.2) is 11.0 Å². The van der Waals surface area contributed by atoms with Crippen molar-refractivity contribution < 1.29 is 0 Å². The van der Waals surface area contributed by atoms with Gasteiger partial charge in [-0.2, -0.15) is 5.26 Å². The van der Waals surface area contributed by atoms with E-state index in [-0.39, 0.29) is 5.41 Å². The molecule has 25 heavy (non-hydrogen) atoms. The average molecular weight is 355 g/mol. The van der Waals surface area contributed by atoms with Crippen LogP contribution in [0.5, 0.6) is 0 Å². The molecule has 1 heterocycles. The molecule has 132 valence electrons. The number of unbranched alkanes of at least 4 members (excludes halogenated alkanes) is 2. The molecule has 0 spiro atoms. The van der Waals surface area contributed by atoms with E-state index in [9.17, 15) is 0 Å². The lowest BCUT2D eigenvalue weighted by molar-refractivity contribution is 0.590. The highest BCUT2D eigenvalue weighted by Gasteiger charge is 2.16. The predicted molar refractivity (Wildman–Crippen MR) is 105 cm³/mol. The smallest absolute Gasteiger partial charge is 0.191 e. The van der Waals surface area contributed by atoms with Crippen molar-refractivity contribution in [2.45, 2.75) is 57.1 Å². The highest BCUT2D eigenvalue weighted by molar-refractivity contribution is 7.99. The number of aromatic nitrogens is 3. The van der Waals surface area contributed by atoms with Gasteiger partial charge in [0.1, 0.15) is 0 Å². The third-order valence-electron chi connectivity index (χ3n) is 3.95. The van der Waals surface area contributed by atoms with Crippen LogP contribution in [0.4, 0.5) is 0 Å². The van der Waals surface area contributed by atoms with Crippen LogP contribution in [0.2, 0.25) is 0 Å². The van der Waals surface area contributed by atoms with Crippen LogP contribution in [-0.2, 0) is 12.0 Å². The Balaban J connectivity index is 2.17. The maximum Gasteiger partial charge on any atom is 0.191 e. The van der Waals surface area contributed by atoms with Gasteiger partial charge in [-0.25, -0.2) is 0 Å². The van der Waals surface area contributed by atoms with Crippen LogP contribution in [0, 0.1) is 11.3 Å². The first-order valence-electron chi connectivity index (χ1n) is 8.62. The van der Waals surface area contributed by atoms with Gasteiger partial charge in [0, 0.05) is 24.3 Å². The summed E-state index contributed by atoms with van der Waals surface area (Å²) in [6.45, 7) is 11.2. The van der Waals surface area contributed by atoms with Gasteiger partial charge in [0.25, 0.3) is 0 Å². The predicted octanol–water partition coefficient (Wildman–Crippen LogP) is 5.21. The fraction of sp³-hybridized carbons (Fsp3) is 0.450. The summed E-state index contributed by atoms with van der Waals surface area (Å²) in [5.41, 5.74) is 2.51. The van der Waals surface area contributed by atoms with E-state index in [0.717, 1.165) is 35.1 Å². The summed E-state index contributed by atoms with van der Waals surface area (Å²) in [5, 5.41) is 18.3. The molecule has 0 aliphatic rings. The summed E-state index contributed by atoms with van der Waals surface area (Å²) < 4.78 is 2.11. The van der Waals surface area contributed by atoms with Gasteiger partial charge in [0.2, 0.25) is 0 Å². The van der Waals surface area contributed by atoms with Gasteiger partial charge in [-0.3, -0.25) is 4.57 Å². The Kier molecular flexibility index (Phi) is 6.83. The molecule has 0 saturated heterocycles. The number of rotatable bonds is 8. The largest absolute Gasteiger partial charge is 0.298 e. The molecule has 1 aromatic carbocycles. The Hall–Kier alpha value is -2.06. The number of hydrogen-bond acceptors (Lipinski definition) is 4. The first-order chi connectivity index (χ1) is 12.0. The van der Waals surface area contributed by atoms with Crippen LogP contribution in [0.15, 0.2) is 42.1 Å². The van der Waals surface area contributed by atoms with Gasteiger partial charge in [0.05, 0.1) is 6.07 Å². The second-order valence-electron chi connectivity index (χ2n) is 7.00. The van der Waals surface area contributed by atoms with Crippen molar-refractivity contribution in [3.05, 3.63) is 42.5 Å². The van der Waals surface area contributed by atoms with E-state index in [0.29, 0.717) is 13.0 Å². The topological polar surface area (TPSA) is 54.5 Å². The summed E-state index contributed by atoms with van der Waals surface area (Å²) >= 11 is 1.69. The average Bonchev–Trinajstić information content (AvgIpc) is 2.97. The highest BCUT2D eigenvalue weighted by Crippen LogP contribution is 2.28. The number of benzene rings is 1. The van der Waals surface area contributed by atoms with Gasteiger partial charge >= 0.3 is 0 Å². The molecule has 0 saturated carbocycles. The number of thioether (sulfide) groups is 1. The number of allylic oxidation sites excluding steroid dienone is 1. The van der Waals surface area contributed by atoms with E-state index in [1.165, 1.54) is 5.56 Å². The molecular weight excluding hydrogens is 328 g/mol. The van der Waals surface area contributed by atoms with E-state index >= 15 is 0 Å². The Morgan fingerprint density at radius 1 is 1.20 bits per heavy atom. The summed E-state index contributed by atoms with van der Waals surface area (Å²) in [6.07, 6.45) is 4.43. The molecule has 0 N–H and O–H groups in total. The van der Waals surface area contributed by atoms with Crippen LogP contribution in [0.1, 0.15) is 45.6 Å². The van der Waals surface area contributed by atoms with Crippen LogP contribution < -0.4 is 0 Å². The molecule has 0 radical (unpaired) electrons. The zero-order chi connectivity index (χ0) is 18.3. The molecule has 0 fully saturated rings. The first kappa shape index (κ1) is 19.3. The summed E-state index contributed by atoms with van der Waals surface area (Å²) in [6, 6.07) is 10.7. The standard InChI is InChI=1S/C20H26N4S/c1-5-14-24-18(16-9-11-17(12-10-16)20(2,3)4)22-23-19(24)25-15-8-6-7-13-21/h5,9-12H,1,6-8,14-15H2,2-4H3. The minimum Gasteiger partial charge on any atom is -0.298 e. The number of hydrogen-bond donors (Lipinski definition) is 0. The SMILES string of the molecule is C=CCn1c(SCCCCC#N)nnc1-c1ccc(C(C)(C)C)cc1. The highest BCUT2D eigenvalue weighted by atomic mass is 32.2. The lowest BCUT2D eigenvalue weighted by Gasteiger charge is -2.19. The number of nitriles is 1. The molecule has 0 aliphatic heterocycles. The lowest BCUT2D eigenvalue weighted by Crippen LogP contribution is -2.10. The molecule has 0 amide bonds. The van der Waals surface area contributed by atoms with Crippen molar-refractivity contribution in [2.75, 3.05) is 5.75 Å². The lowest BCUT2D eigenvalue weighted by atomic mass is 9.87. The monoisotopic (exact) mass is 354 g/mol. The fourth-order valence-electron chi connectivity index (χ4n) is 2.49. The van der Waals surface area contributed by atoms with E-state index < -0.39 is 0 Å². The third kappa shape index (κ3) is 5.20. The molecule has 2 rings (SSSR count). The van der Waals surface area contributed by atoms with Gasteiger partial charge < -0.3 is 0 Å². The van der Waals surface area contributed by atoms with Crippen LogP contribution in [-0.4, -0.2) is 20.5 Å². The van der Waals surface area contributed by atoms with Crippen LogP contribution >= 0.6 is 11.8 Å². The Morgan fingerprint density at radius 2 is 1.92 bits per heavy atom. The Morgan fingerprint density at radius 3 is 2.52 bits per heavy atom. The summed E-state index contributed by atoms with van der Waals surface area (Å²) in [5.74, 6) is 1.82. The minimum absolute atomic E-state index is 0.137. The molecule has 0 atom stereocenters. The zero-order valence-corrected chi connectivity index (χ0v) is 16.1. The van der Waals surface area contributed by atoms with Crippen LogP contribution in [0.25, 0.3) is 11.4 Å². The van der Waals surface area contributed by atoms with Gasteiger partial charge in [-0.15, -0.1) is 16.8 Å². The molecule has 2 aromatic rings. The van der Waals surface area contributed by atoms with Crippen molar-refractivity contribution in [1.82, 2.24) is 14.8 Å². The Labute approximate surface area is 155 Å². The Bertz CT molecular complexity index is 733. The summed E-state index contributed by atoms with van der Waals surface area (Å²) in [7, 11) is 0. The zero-order valence-electron chi connectivity index (χ0n) is 15.3. The van der Waals surface area contributed by atoms with Crippen molar-refractivity contribution >= 4 is 11.8 Å². The van der Waals surface area contributed by atoms with Crippen molar-refractivity contribution in [3.63, 3.8) is 0 Å². The van der Waals surface area contributed by atoms with Crippen molar-refractivity contribution in [2.24, 2.45) is 0 Å². The number of nitrogens with zero attached hydrogens (tertiary/aromatic N) is 4. The minimum atomic E-state index is 0.137. The maximum atomic E-state index is 8.60. The van der Waals surface area contributed by atoms with E-state index in [2.05, 4.69) is 72.4 Å². The van der Waals surface area contributed by atoms with E-state index in [1.807, 2.05) is 6.08 Å². The van der Waals surface area contributed by atoms with E-state index in [1.54, 1.807) is 11.8 Å². The molecule has 0 aliphatic carbocycles. The second-order valence-corrected chi connectivity index (χ2v) is 8.06. The molecular formula is C20H26N4S. The van der Waals surface area contributed by atoms with Gasteiger partial charge in [-0.1, -0.05) is 62.9 Å². The van der Waals surface area contributed by atoms with Gasteiger partial charge in [-0.05, 0) is 23.8 Å². The van der Waals surface area contributed by atoms with Crippen molar-refractivity contribution in [3.8, 4) is 17.5 Å². The second kappa shape index (κ2) is 8.87. The molecule has 0 unspecified atom stereocenters. The quantitative estimate of drug-likeness (QED) is 0.371. The molecule has 4 nitrogen and oxygen atoms in total. The summed E-state index contributed by atoms with van der Waals surface area (Å²) in [4.78, 5) is 0. The molecule has 0 bridgehead atoms. The van der Waals surface area contributed by atoms with E-state index in [4.69, 9.17) is 5.26 Å². The van der Waals surface area contributed by atoms with Crippen molar-refractivity contribution in [1.29, 1.82) is 5.26 Å². The first-order valence-corrected chi connectivity index (χ1v) is 9.60. The normalized spacial score (nSPS) is 11.3. The fourth-order valence-corrected chi connectivity index (χ4v) is 3.44. The molecule has 1 aromatic heterocycles. The van der Waals surface area contributed by atoms with Crippen LogP contribution in [0.3, 0.4) is 0 Å².